The van der Waals surface area contributed by atoms with Crippen molar-refractivity contribution >= 4 is 5.91 Å². The monoisotopic (exact) mass is 351 g/mol. The smallest absolute Gasteiger partial charge is 0.260 e. The number of carbonyl (C=O) groups excluding carboxylic acids is 1. The maximum absolute atomic E-state index is 13.6. The maximum atomic E-state index is 13.6. The molecular weight excluding hydrogens is 333 g/mol. The van der Waals surface area contributed by atoms with Crippen molar-refractivity contribution in [2.24, 2.45) is 0 Å². The first kappa shape index (κ1) is 16.3. The molecule has 1 aliphatic heterocycles. The number of amides is 1. The zero-order chi connectivity index (χ0) is 17.9. The number of aromatic amines is 1. The highest BCUT2D eigenvalue weighted by atomic mass is 19.1. The summed E-state index contributed by atoms with van der Waals surface area (Å²) in [7, 11) is 0. The van der Waals surface area contributed by atoms with E-state index < -0.39 is 5.82 Å². The number of ether oxygens (including phenoxy) is 1. The molecule has 0 radical (unpaired) electrons. The predicted molar refractivity (Wildman–Crippen MR) is 95.0 cm³/mol. The third-order valence-electron chi connectivity index (χ3n) is 4.52. The maximum Gasteiger partial charge on any atom is 0.260 e. The van der Waals surface area contributed by atoms with E-state index in [1.165, 1.54) is 12.1 Å². The Balaban J connectivity index is 1.47. The molecule has 1 amide bonds. The van der Waals surface area contributed by atoms with Gasteiger partial charge in [0.15, 0.2) is 18.2 Å². The molecule has 0 aliphatic carbocycles. The van der Waals surface area contributed by atoms with Gasteiger partial charge in [0.2, 0.25) is 0 Å². The Kier molecular flexibility index (Phi) is 4.39. The van der Waals surface area contributed by atoms with Gasteiger partial charge in [-0.1, -0.05) is 42.5 Å². The Morgan fingerprint density at radius 1 is 1.15 bits per heavy atom. The molecule has 0 spiro atoms. The van der Waals surface area contributed by atoms with Gasteiger partial charge in [-0.05, 0) is 12.1 Å². The van der Waals surface area contributed by atoms with Crippen LogP contribution < -0.4 is 4.74 Å². The van der Waals surface area contributed by atoms with Crippen LogP contribution in [0.25, 0.3) is 11.3 Å². The van der Waals surface area contributed by atoms with Crippen molar-refractivity contribution in [3.8, 4) is 17.0 Å². The van der Waals surface area contributed by atoms with E-state index in [9.17, 15) is 9.18 Å². The minimum Gasteiger partial charge on any atom is -0.481 e. The van der Waals surface area contributed by atoms with Gasteiger partial charge < -0.3 is 9.64 Å². The fourth-order valence-electron chi connectivity index (χ4n) is 3.14. The number of hydrogen-bond acceptors (Lipinski definition) is 3. The van der Waals surface area contributed by atoms with Gasteiger partial charge >= 0.3 is 0 Å². The highest BCUT2D eigenvalue weighted by Gasteiger charge is 2.26. The number of fused-ring (bicyclic) bond motifs is 1. The zero-order valence-electron chi connectivity index (χ0n) is 14.1. The molecule has 2 aromatic carbocycles. The highest BCUT2D eigenvalue weighted by molar-refractivity contribution is 5.78. The number of carbonyl (C=O) groups is 1. The summed E-state index contributed by atoms with van der Waals surface area (Å²) in [5.41, 5.74) is 3.97. The average molecular weight is 351 g/mol. The number of halogens is 1. The van der Waals surface area contributed by atoms with Gasteiger partial charge in [0.1, 0.15) is 0 Å². The molecule has 4 rings (SSSR count). The number of rotatable bonds is 4. The van der Waals surface area contributed by atoms with Crippen molar-refractivity contribution < 1.29 is 13.9 Å². The first-order valence-electron chi connectivity index (χ1n) is 8.49. The topological polar surface area (TPSA) is 58.2 Å². The van der Waals surface area contributed by atoms with E-state index in [0.29, 0.717) is 19.5 Å². The molecule has 26 heavy (non-hydrogen) atoms. The zero-order valence-corrected chi connectivity index (χ0v) is 14.1. The van der Waals surface area contributed by atoms with Crippen molar-refractivity contribution in [2.75, 3.05) is 13.2 Å². The second-order valence-corrected chi connectivity index (χ2v) is 6.18. The number of nitrogens with one attached hydrogen (secondary N) is 1. The highest BCUT2D eigenvalue weighted by Crippen LogP contribution is 2.28. The number of aromatic nitrogens is 2. The Bertz CT molecular complexity index is 924. The van der Waals surface area contributed by atoms with Crippen LogP contribution in [-0.4, -0.2) is 34.2 Å². The average Bonchev–Trinajstić information content (AvgIpc) is 3.11. The molecule has 6 heteroatoms. The summed E-state index contributed by atoms with van der Waals surface area (Å²) in [6.07, 6.45) is 0.709. The lowest BCUT2D eigenvalue weighted by molar-refractivity contribution is -0.134. The van der Waals surface area contributed by atoms with Crippen LogP contribution in [0, 0.1) is 5.82 Å². The number of nitrogens with zero attached hydrogens (tertiary/aromatic N) is 2. The van der Waals surface area contributed by atoms with Crippen molar-refractivity contribution in [3.05, 3.63) is 71.7 Å². The minimum atomic E-state index is -0.470. The standard InChI is InChI=1S/C20H18FN3O2/c21-16-8-4-5-9-18(16)26-13-19(25)24-11-10-17-15(12-24)20(23-22-17)14-6-2-1-3-7-14/h1-9H,10-13H2,(H,22,23). The molecule has 2 heterocycles. The summed E-state index contributed by atoms with van der Waals surface area (Å²) >= 11 is 0. The van der Waals surface area contributed by atoms with Gasteiger partial charge in [-0.2, -0.15) is 5.10 Å². The molecule has 1 N–H and O–H groups in total. The molecule has 1 aliphatic rings. The van der Waals surface area contributed by atoms with Crippen LogP contribution >= 0.6 is 0 Å². The summed E-state index contributed by atoms with van der Waals surface area (Å²) in [5.74, 6) is -0.548. The van der Waals surface area contributed by atoms with Crippen LogP contribution in [0.1, 0.15) is 11.3 Å². The predicted octanol–water partition coefficient (Wildman–Crippen LogP) is 3.18. The summed E-state index contributed by atoms with van der Waals surface area (Å²) in [6, 6.07) is 16.0. The third-order valence-corrected chi connectivity index (χ3v) is 4.52. The summed E-state index contributed by atoms with van der Waals surface area (Å²) in [6.45, 7) is 0.868. The molecule has 5 nitrogen and oxygen atoms in total. The van der Waals surface area contributed by atoms with Crippen LogP contribution in [0.5, 0.6) is 5.75 Å². The lowest BCUT2D eigenvalue weighted by Crippen LogP contribution is -2.38. The quantitative estimate of drug-likeness (QED) is 0.785. The van der Waals surface area contributed by atoms with E-state index in [2.05, 4.69) is 10.2 Å². The van der Waals surface area contributed by atoms with Crippen molar-refractivity contribution in [1.82, 2.24) is 15.1 Å². The second kappa shape index (κ2) is 7.00. The number of para-hydroxylation sites is 1. The van der Waals surface area contributed by atoms with Crippen LogP contribution in [0.2, 0.25) is 0 Å². The van der Waals surface area contributed by atoms with Crippen LogP contribution in [-0.2, 0) is 17.8 Å². The molecule has 0 atom stereocenters. The normalized spacial score (nSPS) is 13.3. The molecule has 0 unspecified atom stereocenters. The Morgan fingerprint density at radius 2 is 1.92 bits per heavy atom. The summed E-state index contributed by atoms with van der Waals surface area (Å²) in [5, 5.41) is 7.50. The van der Waals surface area contributed by atoms with Crippen molar-refractivity contribution in [1.29, 1.82) is 0 Å². The van der Waals surface area contributed by atoms with Crippen LogP contribution in [0.3, 0.4) is 0 Å². The fraction of sp³-hybridized carbons (Fsp3) is 0.200. The minimum absolute atomic E-state index is 0.0897. The molecular formula is C20H18FN3O2. The van der Waals surface area contributed by atoms with E-state index >= 15 is 0 Å². The van der Waals surface area contributed by atoms with Gasteiger partial charge in [0, 0.05) is 36.3 Å². The Morgan fingerprint density at radius 3 is 2.73 bits per heavy atom. The van der Waals surface area contributed by atoms with E-state index in [-0.39, 0.29) is 18.3 Å². The lowest BCUT2D eigenvalue weighted by Gasteiger charge is -2.27. The van der Waals surface area contributed by atoms with Crippen LogP contribution in [0.15, 0.2) is 54.6 Å². The first-order chi connectivity index (χ1) is 12.7. The second-order valence-electron chi connectivity index (χ2n) is 6.18. The van der Waals surface area contributed by atoms with Gasteiger partial charge in [-0.25, -0.2) is 4.39 Å². The largest absolute Gasteiger partial charge is 0.481 e. The van der Waals surface area contributed by atoms with Crippen molar-refractivity contribution in [2.45, 2.75) is 13.0 Å². The SMILES string of the molecule is O=C(COc1ccccc1F)N1CCc2[nH]nc(-c3ccccc3)c2C1. The molecule has 0 bridgehead atoms. The molecule has 0 saturated carbocycles. The van der Waals surface area contributed by atoms with E-state index in [1.54, 1.807) is 17.0 Å². The molecule has 132 valence electrons. The van der Waals surface area contributed by atoms with E-state index in [4.69, 9.17) is 4.74 Å². The lowest BCUT2D eigenvalue weighted by atomic mass is 10.0. The molecule has 3 aromatic rings. The van der Waals surface area contributed by atoms with E-state index in [1.807, 2.05) is 30.3 Å². The van der Waals surface area contributed by atoms with Gasteiger partial charge in [-0.15, -0.1) is 0 Å². The third kappa shape index (κ3) is 3.18. The number of hydrogen-bond donors (Lipinski definition) is 1. The Labute approximate surface area is 150 Å². The molecule has 0 saturated heterocycles. The first-order valence-corrected chi connectivity index (χ1v) is 8.49. The van der Waals surface area contributed by atoms with E-state index in [0.717, 1.165) is 22.5 Å². The van der Waals surface area contributed by atoms with Gasteiger partial charge in [0.25, 0.3) is 5.91 Å². The van der Waals surface area contributed by atoms with Gasteiger partial charge in [0.05, 0.1) is 5.69 Å². The fourth-order valence-corrected chi connectivity index (χ4v) is 3.14. The number of H-pyrrole nitrogens is 1. The number of benzene rings is 2. The summed E-state index contributed by atoms with van der Waals surface area (Å²) in [4.78, 5) is 14.2. The summed E-state index contributed by atoms with van der Waals surface area (Å²) < 4.78 is 19.0. The Hall–Kier alpha value is -3.15. The van der Waals surface area contributed by atoms with Crippen LogP contribution in [0.4, 0.5) is 4.39 Å². The van der Waals surface area contributed by atoms with Gasteiger partial charge in [-0.3, -0.25) is 9.89 Å². The molecule has 0 fully saturated rings. The molecule has 1 aromatic heterocycles. The van der Waals surface area contributed by atoms with Crippen molar-refractivity contribution in [3.63, 3.8) is 0 Å².